The second-order valence-corrected chi connectivity index (χ2v) is 5.90. The van der Waals surface area contributed by atoms with E-state index in [9.17, 15) is 4.79 Å². The lowest BCUT2D eigenvalue weighted by atomic mass is 9.87. The first-order valence-electron chi connectivity index (χ1n) is 7.61. The van der Waals surface area contributed by atoms with Crippen molar-refractivity contribution in [1.29, 1.82) is 0 Å². The van der Waals surface area contributed by atoms with Crippen LogP contribution < -0.4 is 5.32 Å². The van der Waals surface area contributed by atoms with Gasteiger partial charge in [-0.3, -0.25) is 4.79 Å². The summed E-state index contributed by atoms with van der Waals surface area (Å²) >= 11 is 0. The van der Waals surface area contributed by atoms with E-state index in [4.69, 9.17) is 4.74 Å². The molecule has 3 heteroatoms. The van der Waals surface area contributed by atoms with Gasteiger partial charge in [0.1, 0.15) is 6.10 Å². The van der Waals surface area contributed by atoms with Gasteiger partial charge in [0, 0.05) is 6.04 Å². The quantitative estimate of drug-likeness (QED) is 0.895. The van der Waals surface area contributed by atoms with Crippen LogP contribution >= 0.6 is 0 Å². The topological polar surface area (TPSA) is 38.3 Å². The summed E-state index contributed by atoms with van der Waals surface area (Å²) in [7, 11) is 0. The highest BCUT2D eigenvalue weighted by Crippen LogP contribution is 2.23. The minimum Gasteiger partial charge on any atom is -0.364 e. The SMILES string of the molecule is CC1CCC(NC(=O)C(C)OCc2ccccc2)CC1. The minimum atomic E-state index is -0.394. The average molecular weight is 275 g/mol. The van der Waals surface area contributed by atoms with Gasteiger partial charge < -0.3 is 10.1 Å². The predicted molar refractivity (Wildman–Crippen MR) is 80.3 cm³/mol. The van der Waals surface area contributed by atoms with Gasteiger partial charge in [-0.25, -0.2) is 0 Å². The molecule has 1 aliphatic carbocycles. The molecule has 3 nitrogen and oxygen atoms in total. The number of carbonyl (C=O) groups excluding carboxylic acids is 1. The Morgan fingerprint density at radius 3 is 2.55 bits per heavy atom. The molecule has 1 unspecified atom stereocenters. The molecule has 1 aromatic rings. The lowest BCUT2D eigenvalue weighted by molar-refractivity contribution is -0.133. The Labute approximate surface area is 121 Å². The summed E-state index contributed by atoms with van der Waals surface area (Å²) in [6, 6.07) is 10.3. The first-order chi connectivity index (χ1) is 9.65. The summed E-state index contributed by atoms with van der Waals surface area (Å²) in [4.78, 5) is 12.1. The van der Waals surface area contributed by atoms with Gasteiger partial charge in [-0.1, -0.05) is 37.3 Å². The lowest BCUT2D eigenvalue weighted by Crippen LogP contribution is -2.42. The van der Waals surface area contributed by atoms with Crippen molar-refractivity contribution in [1.82, 2.24) is 5.32 Å². The number of nitrogens with one attached hydrogen (secondary N) is 1. The summed E-state index contributed by atoms with van der Waals surface area (Å²) in [5, 5.41) is 3.11. The van der Waals surface area contributed by atoms with Crippen LogP contribution in [0, 0.1) is 5.92 Å². The van der Waals surface area contributed by atoms with E-state index in [-0.39, 0.29) is 5.91 Å². The molecule has 2 rings (SSSR count). The third kappa shape index (κ3) is 4.64. The molecule has 1 fully saturated rings. The predicted octanol–water partition coefficient (Wildman–Crippen LogP) is 3.29. The van der Waals surface area contributed by atoms with Crippen LogP contribution in [0.25, 0.3) is 0 Å². The zero-order valence-electron chi connectivity index (χ0n) is 12.5. The van der Waals surface area contributed by atoms with E-state index in [0.29, 0.717) is 12.6 Å². The van der Waals surface area contributed by atoms with Gasteiger partial charge >= 0.3 is 0 Å². The number of carbonyl (C=O) groups is 1. The van der Waals surface area contributed by atoms with Gasteiger partial charge in [0.2, 0.25) is 5.91 Å². The summed E-state index contributed by atoms with van der Waals surface area (Å²) in [5.41, 5.74) is 1.10. The number of benzene rings is 1. The number of hydrogen-bond donors (Lipinski definition) is 1. The summed E-state index contributed by atoms with van der Waals surface area (Å²) in [5.74, 6) is 0.815. The molecule has 1 amide bonds. The fourth-order valence-corrected chi connectivity index (χ4v) is 2.59. The van der Waals surface area contributed by atoms with Crippen molar-refractivity contribution in [2.75, 3.05) is 0 Å². The van der Waals surface area contributed by atoms with Crippen molar-refractivity contribution in [3.8, 4) is 0 Å². The van der Waals surface area contributed by atoms with Crippen molar-refractivity contribution >= 4 is 5.91 Å². The van der Waals surface area contributed by atoms with Crippen molar-refractivity contribution < 1.29 is 9.53 Å². The van der Waals surface area contributed by atoms with E-state index in [1.54, 1.807) is 0 Å². The molecule has 1 aliphatic rings. The normalized spacial score (nSPS) is 24.1. The van der Waals surface area contributed by atoms with Gasteiger partial charge in [0.25, 0.3) is 0 Å². The van der Waals surface area contributed by atoms with E-state index in [0.717, 1.165) is 24.3 Å². The van der Waals surface area contributed by atoms with Gasteiger partial charge in [-0.15, -0.1) is 0 Å². The molecular weight excluding hydrogens is 250 g/mol. The summed E-state index contributed by atoms with van der Waals surface area (Å²) < 4.78 is 5.64. The molecule has 1 N–H and O–H groups in total. The Balaban J connectivity index is 1.72. The maximum absolute atomic E-state index is 12.1. The summed E-state index contributed by atoms with van der Waals surface area (Å²) in [6.07, 6.45) is 4.22. The summed E-state index contributed by atoms with van der Waals surface area (Å²) in [6.45, 7) is 4.59. The fraction of sp³-hybridized carbons (Fsp3) is 0.588. The second kappa shape index (κ2) is 7.44. The minimum absolute atomic E-state index is 0.0143. The zero-order valence-corrected chi connectivity index (χ0v) is 12.5. The van der Waals surface area contributed by atoms with E-state index in [1.807, 2.05) is 37.3 Å². The van der Waals surface area contributed by atoms with Crippen LogP contribution in [0.15, 0.2) is 30.3 Å². The molecule has 20 heavy (non-hydrogen) atoms. The van der Waals surface area contributed by atoms with E-state index >= 15 is 0 Å². The van der Waals surface area contributed by atoms with Gasteiger partial charge in [0.05, 0.1) is 6.61 Å². The lowest BCUT2D eigenvalue weighted by Gasteiger charge is -2.28. The van der Waals surface area contributed by atoms with E-state index in [2.05, 4.69) is 12.2 Å². The molecule has 110 valence electrons. The molecule has 1 aromatic carbocycles. The van der Waals surface area contributed by atoms with Crippen LogP contribution in [0.5, 0.6) is 0 Å². The third-order valence-electron chi connectivity index (χ3n) is 4.07. The molecular formula is C17H25NO2. The van der Waals surface area contributed by atoms with Crippen LogP contribution in [0.2, 0.25) is 0 Å². The largest absolute Gasteiger partial charge is 0.364 e. The molecule has 0 aliphatic heterocycles. The number of ether oxygens (including phenoxy) is 1. The Morgan fingerprint density at radius 2 is 1.90 bits per heavy atom. The Bertz CT molecular complexity index is 410. The number of amides is 1. The highest BCUT2D eigenvalue weighted by molar-refractivity contribution is 5.80. The maximum Gasteiger partial charge on any atom is 0.249 e. The van der Waals surface area contributed by atoms with Crippen LogP contribution in [0.3, 0.4) is 0 Å². The molecule has 0 aromatic heterocycles. The second-order valence-electron chi connectivity index (χ2n) is 5.90. The molecule has 0 heterocycles. The van der Waals surface area contributed by atoms with Crippen LogP contribution in [-0.2, 0) is 16.1 Å². The van der Waals surface area contributed by atoms with Crippen LogP contribution in [-0.4, -0.2) is 18.1 Å². The maximum atomic E-state index is 12.1. The number of rotatable bonds is 5. The molecule has 0 bridgehead atoms. The van der Waals surface area contributed by atoms with Crippen molar-refractivity contribution in [2.24, 2.45) is 5.92 Å². The standard InChI is InChI=1S/C17H25NO2/c1-13-8-10-16(11-9-13)18-17(19)14(2)20-12-15-6-4-3-5-7-15/h3-7,13-14,16H,8-12H2,1-2H3,(H,18,19). The fourth-order valence-electron chi connectivity index (χ4n) is 2.59. The van der Waals surface area contributed by atoms with E-state index in [1.165, 1.54) is 12.8 Å². The van der Waals surface area contributed by atoms with Crippen molar-refractivity contribution in [2.45, 2.75) is 58.3 Å². The van der Waals surface area contributed by atoms with E-state index < -0.39 is 6.10 Å². The van der Waals surface area contributed by atoms with Crippen LogP contribution in [0.1, 0.15) is 45.1 Å². The van der Waals surface area contributed by atoms with Gasteiger partial charge in [-0.05, 0) is 44.1 Å². The van der Waals surface area contributed by atoms with Gasteiger partial charge in [-0.2, -0.15) is 0 Å². The number of hydrogen-bond acceptors (Lipinski definition) is 2. The van der Waals surface area contributed by atoms with Crippen molar-refractivity contribution in [3.63, 3.8) is 0 Å². The Kier molecular flexibility index (Phi) is 5.60. The van der Waals surface area contributed by atoms with Crippen LogP contribution in [0.4, 0.5) is 0 Å². The highest BCUT2D eigenvalue weighted by atomic mass is 16.5. The molecule has 0 radical (unpaired) electrons. The van der Waals surface area contributed by atoms with Gasteiger partial charge in [0.15, 0.2) is 0 Å². The molecule has 0 spiro atoms. The average Bonchev–Trinajstić information content (AvgIpc) is 2.48. The molecule has 1 saturated carbocycles. The highest BCUT2D eigenvalue weighted by Gasteiger charge is 2.22. The molecule has 0 saturated heterocycles. The zero-order chi connectivity index (χ0) is 14.4. The Hall–Kier alpha value is -1.35. The molecule has 1 atom stereocenters. The third-order valence-corrected chi connectivity index (χ3v) is 4.07. The first-order valence-corrected chi connectivity index (χ1v) is 7.61. The smallest absolute Gasteiger partial charge is 0.249 e. The first kappa shape index (κ1) is 15.0. The monoisotopic (exact) mass is 275 g/mol. The Morgan fingerprint density at radius 1 is 1.25 bits per heavy atom. The van der Waals surface area contributed by atoms with Crippen molar-refractivity contribution in [3.05, 3.63) is 35.9 Å².